The molecule has 0 amide bonds. The van der Waals surface area contributed by atoms with Gasteiger partial charge in [0.05, 0.1) is 10.8 Å². The summed E-state index contributed by atoms with van der Waals surface area (Å²) in [6.07, 6.45) is 0.581. The highest BCUT2D eigenvalue weighted by molar-refractivity contribution is 9.10. The number of sulfonamides is 1. The molecule has 0 saturated heterocycles. The Bertz CT molecular complexity index is 494. The Morgan fingerprint density at radius 3 is 2.72 bits per heavy atom. The van der Waals surface area contributed by atoms with Gasteiger partial charge in [0, 0.05) is 10.2 Å². The van der Waals surface area contributed by atoms with Crippen LogP contribution in [0, 0.1) is 0 Å². The van der Waals surface area contributed by atoms with Gasteiger partial charge in [0.25, 0.3) is 0 Å². The van der Waals surface area contributed by atoms with E-state index in [1.165, 1.54) is 0 Å². The lowest BCUT2D eigenvalue weighted by Gasteiger charge is -2.09. The van der Waals surface area contributed by atoms with E-state index in [2.05, 4.69) is 26.0 Å². The van der Waals surface area contributed by atoms with Crippen LogP contribution in [0.4, 0.5) is 5.69 Å². The first-order chi connectivity index (χ1) is 8.44. The molecule has 0 aliphatic carbocycles. The van der Waals surface area contributed by atoms with Crippen LogP contribution in [0.5, 0.6) is 0 Å². The lowest BCUT2D eigenvalue weighted by atomic mass is 10.3. The van der Waals surface area contributed by atoms with E-state index in [0.717, 1.165) is 6.54 Å². The summed E-state index contributed by atoms with van der Waals surface area (Å²) in [5.41, 5.74) is 0.509. The van der Waals surface area contributed by atoms with Gasteiger partial charge in [0.1, 0.15) is 0 Å². The predicted molar refractivity (Wildman–Crippen MR) is 79.7 cm³/mol. The Morgan fingerprint density at radius 1 is 1.39 bits per heavy atom. The molecule has 0 bridgehead atoms. The first-order valence-electron chi connectivity index (χ1n) is 5.61. The van der Waals surface area contributed by atoms with Crippen molar-refractivity contribution in [3.63, 3.8) is 0 Å². The number of hydrogen-bond donors (Lipinski definition) is 2. The van der Waals surface area contributed by atoms with Crippen molar-refractivity contribution in [1.29, 1.82) is 0 Å². The van der Waals surface area contributed by atoms with Crippen LogP contribution in [0.15, 0.2) is 22.7 Å². The second-order valence-corrected chi connectivity index (χ2v) is 6.86. The van der Waals surface area contributed by atoms with Gasteiger partial charge in [0.2, 0.25) is 10.0 Å². The molecule has 2 N–H and O–H groups in total. The van der Waals surface area contributed by atoms with Crippen LogP contribution < -0.4 is 10.0 Å². The molecule has 0 heterocycles. The van der Waals surface area contributed by atoms with Gasteiger partial charge in [-0.05, 0) is 53.6 Å². The number of halogens is 2. The zero-order chi connectivity index (χ0) is 13.6. The summed E-state index contributed by atoms with van der Waals surface area (Å²) in [6, 6.07) is 4.92. The summed E-state index contributed by atoms with van der Waals surface area (Å²) in [4.78, 5) is 0. The standard InChI is InChI=1S/C11H16BrClN2O2S/c1-2-14-6-3-7-18(16,17)15-9-4-5-11(13)10(12)8-9/h4-5,8,14-15H,2-3,6-7H2,1H3. The molecule has 0 unspecified atom stereocenters. The van der Waals surface area contributed by atoms with E-state index in [-0.39, 0.29) is 5.75 Å². The summed E-state index contributed by atoms with van der Waals surface area (Å²) in [5, 5.41) is 3.63. The first-order valence-corrected chi connectivity index (χ1v) is 8.43. The fraction of sp³-hybridized carbons (Fsp3) is 0.455. The molecule has 0 saturated carbocycles. The maximum absolute atomic E-state index is 11.8. The smallest absolute Gasteiger partial charge is 0.232 e. The quantitative estimate of drug-likeness (QED) is 0.739. The van der Waals surface area contributed by atoms with Crippen molar-refractivity contribution in [3.8, 4) is 0 Å². The zero-order valence-electron chi connectivity index (χ0n) is 10.0. The van der Waals surface area contributed by atoms with Gasteiger partial charge in [-0.1, -0.05) is 18.5 Å². The minimum atomic E-state index is -3.30. The maximum atomic E-state index is 11.8. The molecule has 0 aliphatic heterocycles. The lowest BCUT2D eigenvalue weighted by molar-refractivity contribution is 0.595. The molecule has 1 aromatic carbocycles. The van der Waals surface area contributed by atoms with Gasteiger partial charge in [-0.2, -0.15) is 0 Å². The van der Waals surface area contributed by atoms with Crippen LogP contribution in [0.25, 0.3) is 0 Å². The van der Waals surface area contributed by atoms with E-state index in [1.54, 1.807) is 18.2 Å². The van der Waals surface area contributed by atoms with Gasteiger partial charge in [-0.3, -0.25) is 4.72 Å². The lowest BCUT2D eigenvalue weighted by Crippen LogP contribution is -2.21. The Morgan fingerprint density at radius 2 is 2.11 bits per heavy atom. The number of hydrogen-bond acceptors (Lipinski definition) is 3. The molecular weight excluding hydrogens is 340 g/mol. The number of benzene rings is 1. The van der Waals surface area contributed by atoms with Crippen molar-refractivity contribution < 1.29 is 8.42 Å². The van der Waals surface area contributed by atoms with E-state index in [4.69, 9.17) is 11.6 Å². The summed E-state index contributed by atoms with van der Waals surface area (Å²) < 4.78 is 26.7. The molecule has 0 atom stereocenters. The highest BCUT2D eigenvalue weighted by atomic mass is 79.9. The van der Waals surface area contributed by atoms with Crippen molar-refractivity contribution in [1.82, 2.24) is 5.32 Å². The molecule has 0 aromatic heterocycles. The minimum Gasteiger partial charge on any atom is -0.317 e. The van der Waals surface area contributed by atoms with Crippen LogP contribution in [-0.2, 0) is 10.0 Å². The molecule has 1 aromatic rings. The molecule has 0 radical (unpaired) electrons. The SMILES string of the molecule is CCNCCCS(=O)(=O)Nc1ccc(Cl)c(Br)c1. The van der Waals surface area contributed by atoms with Gasteiger partial charge in [0.15, 0.2) is 0 Å². The van der Waals surface area contributed by atoms with E-state index < -0.39 is 10.0 Å². The zero-order valence-corrected chi connectivity index (χ0v) is 13.2. The highest BCUT2D eigenvalue weighted by Gasteiger charge is 2.10. The Kier molecular flexibility index (Phi) is 6.42. The van der Waals surface area contributed by atoms with Gasteiger partial charge >= 0.3 is 0 Å². The number of nitrogens with one attached hydrogen (secondary N) is 2. The average Bonchev–Trinajstić information content (AvgIpc) is 2.29. The summed E-state index contributed by atoms with van der Waals surface area (Å²) in [7, 11) is -3.30. The van der Waals surface area contributed by atoms with Crippen molar-refractivity contribution in [2.75, 3.05) is 23.6 Å². The van der Waals surface area contributed by atoms with Crippen molar-refractivity contribution in [2.45, 2.75) is 13.3 Å². The Hall–Kier alpha value is -0.300. The van der Waals surface area contributed by atoms with Crippen LogP contribution in [0.2, 0.25) is 5.02 Å². The van der Waals surface area contributed by atoms with Crippen LogP contribution in [0.1, 0.15) is 13.3 Å². The largest absolute Gasteiger partial charge is 0.317 e. The Labute approximate surface area is 121 Å². The maximum Gasteiger partial charge on any atom is 0.232 e. The minimum absolute atomic E-state index is 0.0975. The molecular formula is C11H16BrClN2O2S. The molecule has 18 heavy (non-hydrogen) atoms. The summed E-state index contributed by atoms with van der Waals surface area (Å²) in [6.45, 7) is 3.53. The second-order valence-electron chi connectivity index (χ2n) is 3.76. The first kappa shape index (κ1) is 15.8. The average molecular weight is 356 g/mol. The van der Waals surface area contributed by atoms with Crippen molar-refractivity contribution in [2.24, 2.45) is 0 Å². The highest BCUT2D eigenvalue weighted by Crippen LogP contribution is 2.26. The summed E-state index contributed by atoms with van der Waals surface area (Å²) >= 11 is 9.09. The van der Waals surface area contributed by atoms with E-state index in [9.17, 15) is 8.42 Å². The van der Waals surface area contributed by atoms with E-state index >= 15 is 0 Å². The van der Waals surface area contributed by atoms with Crippen molar-refractivity contribution >= 4 is 43.2 Å². The third-order valence-electron chi connectivity index (χ3n) is 2.21. The molecule has 0 aliphatic rings. The molecule has 7 heteroatoms. The van der Waals surface area contributed by atoms with Gasteiger partial charge in [-0.15, -0.1) is 0 Å². The molecule has 1 rings (SSSR count). The van der Waals surface area contributed by atoms with Crippen molar-refractivity contribution in [3.05, 3.63) is 27.7 Å². The molecule has 102 valence electrons. The predicted octanol–water partition coefficient (Wildman–Crippen LogP) is 2.84. The van der Waals surface area contributed by atoms with E-state index in [1.807, 2.05) is 6.92 Å². The fourth-order valence-electron chi connectivity index (χ4n) is 1.35. The van der Waals surface area contributed by atoms with Gasteiger partial charge < -0.3 is 5.32 Å². The molecule has 4 nitrogen and oxygen atoms in total. The number of rotatable bonds is 7. The second kappa shape index (κ2) is 7.33. The van der Waals surface area contributed by atoms with Crippen LogP contribution in [-0.4, -0.2) is 27.3 Å². The van der Waals surface area contributed by atoms with Crippen LogP contribution >= 0.6 is 27.5 Å². The fourth-order valence-corrected chi connectivity index (χ4v) is 2.96. The molecule has 0 spiro atoms. The Balaban J connectivity index is 2.56. The van der Waals surface area contributed by atoms with Gasteiger partial charge in [-0.25, -0.2) is 8.42 Å². The van der Waals surface area contributed by atoms with Crippen LogP contribution in [0.3, 0.4) is 0 Å². The molecule has 0 fully saturated rings. The normalized spacial score (nSPS) is 11.5. The number of anilines is 1. The summed E-state index contributed by atoms with van der Waals surface area (Å²) in [5.74, 6) is 0.0975. The van der Waals surface area contributed by atoms with E-state index in [0.29, 0.717) is 28.1 Å². The third kappa shape index (κ3) is 5.56. The third-order valence-corrected chi connectivity index (χ3v) is 4.80. The monoisotopic (exact) mass is 354 g/mol. The topological polar surface area (TPSA) is 58.2 Å².